The van der Waals surface area contributed by atoms with Crippen LogP contribution in [0.25, 0.3) is 0 Å². The van der Waals surface area contributed by atoms with Gasteiger partial charge in [-0.25, -0.2) is 4.68 Å². The maximum Gasteiger partial charge on any atom is 0.271 e. The molecule has 1 heterocycles. The molecule has 1 amide bonds. The molecule has 0 unspecified atom stereocenters. The first-order chi connectivity index (χ1) is 12.1. The van der Waals surface area contributed by atoms with Crippen LogP contribution in [0.2, 0.25) is 0 Å². The molecule has 0 fully saturated rings. The van der Waals surface area contributed by atoms with Crippen molar-refractivity contribution in [2.75, 3.05) is 13.2 Å². The van der Waals surface area contributed by atoms with Gasteiger partial charge in [0.2, 0.25) is 0 Å². The molecule has 0 aliphatic rings. The van der Waals surface area contributed by atoms with Crippen LogP contribution in [-0.2, 0) is 11.3 Å². The number of nitrogens with zero attached hydrogens (tertiary/aromatic N) is 2. The lowest BCUT2D eigenvalue weighted by molar-refractivity contribution is 0.0634. The Kier molecular flexibility index (Phi) is 7.35. The van der Waals surface area contributed by atoms with Crippen LogP contribution in [0.5, 0.6) is 0 Å². The summed E-state index contributed by atoms with van der Waals surface area (Å²) in [5.41, 5.74) is 1.20. The first kappa shape index (κ1) is 18.9. The van der Waals surface area contributed by atoms with E-state index in [1.165, 1.54) is 16.8 Å². The predicted molar refractivity (Wildman–Crippen MR) is 96.5 cm³/mol. The summed E-state index contributed by atoms with van der Waals surface area (Å²) in [5.74, 6) is -0.277. The Morgan fingerprint density at radius 2 is 2.00 bits per heavy atom. The molecule has 6 nitrogen and oxygen atoms in total. The SMILES string of the molecule is CCCn1nc(C(=O)NCCCO[C@@H](C)c2ccccc2)ccc1=O. The standard InChI is InChI=1S/C19H25N3O3/c1-3-13-22-18(23)11-10-17(21-22)19(24)20-12-7-14-25-15(2)16-8-5-4-6-9-16/h4-6,8-11,15H,3,7,12-14H2,1-2H3,(H,20,24)/t15-/m0/s1. The summed E-state index contributed by atoms with van der Waals surface area (Å²) in [6, 6.07) is 12.8. The van der Waals surface area contributed by atoms with E-state index in [2.05, 4.69) is 10.4 Å². The average Bonchev–Trinajstić information content (AvgIpc) is 2.63. The highest BCUT2D eigenvalue weighted by molar-refractivity contribution is 5.91. The highest BCUT2D eigenvalue weighted by atomic mass is 16.5. The van der Waals surface area contributed by atoms with Gasteiger partial charge in [-0.05, 0) is 31.4 Å². The van der Waals surface area contributed by atoms with E-state index < -0.39 is 0 Å². The Morgan fingerprint density at radius 1 is 1.24 bits per heavy atom. The number of hydrogen-bond acceptors (Lipinski definition) is 4. The zero-order valence-corrected chi connectivity index (χ0v) is 14.8. The van der Waals surface area contributed by atoms with E-state index in [4.69, 9.17) is 4.74 Å². The molecule has 2 rings (SSSR count). The van der Waals surface area contributed by atoms with Crippen LogP contribution in [0.15, 0.2) is 47.3 Å². The third-order valence-corrected chi connectivity index (χ3v) is 3.78. The molecule has 6 heteroatoms. The molecule has 0 spiro atoms. The summed E-state index contributed by atoms with van der Waals surface area (Å²) >= 11 is 0. The lowest BCUT2D eigenvalue weighted by atomic mass is 10.1. The Morgan fingerprint density at radius 3 is 2.72 bits per heavy atom. The second-order valence-electron chi connectivity index (χ2n) is 5.81. The molecule has 1 aromatic carbocycles. The van der Waals surface area contributed by atoms with E-state index in [0.29, 0.717) is 26.1 Å². The maximum absolute atomic E-state index is 12.1. The molecular weight excluding hydrogens is 318 g/mol. The Bertz CT molecular complexity index is 728. The lowest BCUT2D eigenvalue weighted by Gasteiger charge is -2.13. The number of ether oxygens (including phenoxy) is 1. The van der Waals surface area contributed by atoms with Gasteiger partial charge in [-0.3, -0.25) is 9.59 Å². The van der Waals surface area contributed by atoms with Crippen molar-refractivity contribution < 1.29 is 9.53 Å². The number of benzene rings is 1. The van der Waals surface area contributed by atoms with Gasteiger partial charge in [0.05, 0.1) is 6.10 Å². The van der Waals surface area contributed by atoms with Crippen molar-refractivity contribution in [1.29, 1.82) is 0 Å². The van der Waals surface area contributed by atoms with E-state index >= 15 is 0 Å². The van der Waals surface area contributed by atoms with Gasteiger partial charge in [-0.1, -0.05) is 37.3 Å². The first-order valence-electron chi connectivity index (χ1n) is 8.64. The Hall–Kier alpha value is -2.47. The number of aryl methyl sites for hydroxylation is 1. The van der Waals surface area contributed by atoms with Gasteiger partial charge in [0.1, 0.15) is 5.69 Å². The molecule has 0 aliphatic carbocycles. The molecule has 25 heavy (non-hydrogen) atoms. The molecule has 0 bridgehead atoms. The number of rotatable bonds is 9. The van der Waals surface area contributed by atoms with Crippen LogP contribution in [0.3, 0.4) is 0 Å². The maximum atomic E-state index is 12.1. The van der Waals surface area contributed by atoms with Gasteiger partial charge in [-0.2, -0.15) is 5.10 Å². The molecule has 0 radical (unpaired) electrons. The fourth-order valence-electron chi connectivity index (χ4n) is 2.39. The highest BCUT2D eigenvalue weighted by Gasteiger charge is 2.09. The van der Waals surface area contributed by atoms with Crippen LogP contribution in [0.1, 0.15) is 48.8 Å². The predicted octanol–water partition coefficient (Wildman–Crippen LogP) is 2.55. The Labute approximate surface area is 147 Å². The second-order valence-corrected chi connectivity index (χ2v) is 5.81. The van der Waals surface area contributed by atoms with Crippen molar-refractivity contribution >= 4 is 5.91 Å². The molecular formula is C19H25N3O3. The third-order valence-electron chi connectivity index (χ3n) is 3.78. The summed E-state index contributed by atoms with van der Waals surface area (Å²) in [6.07, 6.45) is 1.52. The van der Waals surface area contributed by atoms with E-state index in [0.717, 1.165) is 12.0 Å². The quantitative estimate of drug-likeness (QED) is 0.710. The molecule has 0 saturated heterocycles. The fourth-order valence-corrected chi connectivity index (χ4v) is 2.39. The Balaban J connectivity index is 1.74. The summed E-state index contributed by atoms with van der Waals surface area (Å²) < 4.78 is 7.09. The van der Waals surface area contributed by atoms with Crippen LogP contribution in [0.4, 0.5) is 0 Å². The summed E-state index contributed by atoms with van der Waals surface area (Å²) in [7, 11) is 0. The van der Waals surface area contributed by atoms with Crippen molar-refractivity contribution in [3.63, 3.8) is 0 Å². The monoisotopic (exact) mass is 343 g/mol. The summed E-state index contributed by atoms with van der Waals surface area (Å²) in [5, 5.41) is 6.89. The van der Waals surface area contributed by atoms with Gasteiger partial charge < -0.3 is 10.1 Å². The van der Waals surface area contributed by atoms with Crippen LogP contribution in [-0.4, -0.2) is 28.8 Å². The molecule has 1 aromatic heterocycles. The van der Waals surface area contributed by atoms with E-state index in [9.17, 15) is 9.59 Å². The summed E-state index contributed by atoms with van der Waals surface area (Å²) in [6.45, 7) is 5.52. The zero-order valence-electron chi connectivity index (χ0n) is 14.8. The molecule has 1 N–H and O–H groups in total. The van der Waals surface area contributed by atoms with Gasteiger partial charge in [0, 0.05) is 25.8 Å². The van der Waals surface area contributed by atoms with Crippen molar-refractivity contribution in [2.45, 2.75) is 39.3 Å². The van der Waals surface area contributed by atoms with Crippen LogP contribution in [0, 0.1) is 0 Å². The average molecular weight is 343 g/mol. The zero-order chi connectivity index (χ0) is 18.1. The molecule has 1 atom stereocenters. The minimum absolute atomic E-state index is 0.0242. The fraction of sp³-hybridized carbons (Fsp3) is 0.421. The van der Waals surface area contributed by atoms with Crippen LogP contribution < -0.4 is 10.9 Å². The van der Waals surface area contributed by atoms with E-state index in [1.54, 1.807) is 0 Å². The van der Waals surface area contributed by atoms with Gasteiger partial charge in [0.15, 0.2) is 0 Å². The largest absolute Gasteiger partial charge is 0.374 e. The van der Waals surface area contributed by atoms with Crippen molar-refractivity contribution in [3.05, 3.63) is 64.1 Å². The summed E-state index contributed by atoms with van der Waals surface area (Å²) in [4.78, 5) is 23.7. The molecule has 0 aliphatic heterocycles. The minimum atomic E-state index is -0.277. The topological polar surface area (TPSA) is 73.2 Å². The number of aromatic nitrogens is 2. The highest BCUT2D eigenvalue weighted by Crippen LogP contribution is 2.15. The second kappa shape index (κ2) is 9.74. The molecule has 0 saturated carbocycles. The number of carbonyl (C=O) groups excluding carboxylic acids is 1. The van der Waals surface area contributed by atoms with E-state index in [1.807, 2.05) is 44.2 Å². The number of nitrogens with one attached hydrogen (secondary N) is 1. The number of amides is 1. The molecule has 2 aromatic rings. The first-order valence-corrected chi connectivity index (χ1v) is 8.64. The van der Waals surface area contributed by atoms with Gasteiger partial charge >= 0.3 is 0 Å². The van der Waals surface area contributed by atoms with Crippen molar-refractivity contribution in [1.82, 2.24) is 15.1 Å². The number of carbonyl (C=O) groups is 1. The van der Waals surface area contributed by atoms with Gasteiger partial charge in [-0.15, -0.1) is 0 Å². The number of hydrogen-bond donors (Lipinski definition) is 1. The third kappa shape index (κ3) is 5.83. The normalized spacial score (nSPS) is 11.9. The smallest absolute Gasteiger partial charge is 0.271 e. The van der Waals surface area contributed by atoms with Crippen LogP contribution >= 0.6 is 0 Å². The van der Waals surface area contributed by atoms with E-state index in [-0.39, 0.29) is 23.3 Å². The lowest BCUT2D eigenvalue weighted by Crippen LogP contribution is -2.30. The minimum Gasteiger partial charge on any atom is -0.374 e. The van der Waals surface area contributed by atoms with Crippen molar-refractivity contribution in [3.8, 4) is 0 Å². The van der Waals surface area contributed by atoms with Crippen molar-refractivity contribution in [2.24, 2.45) is 0 Å². The van der Waals surface area contributed by atoms with Gasteiger partial charge in [0.25, 0.3) is 11.5 Å². The molecule has 134 valence electrons.